The van der Waals surface area contributed by atoms with Gasteiger partial charge in [-0.15, -0.1) is 0 Å². The van der Waals surface area contributed by atoms with E-state index < -0.39 is 11.9 Å². The largest absolute Gasteiger partial charge is 0.433 e. The van der Waals surface area contributed by atoms with E-state index in [1.807, 2.05) is 18.9 Å². The fourth-order valence-corrected chi connectivity index (χ4v) is 2.49. The Morgan fingerprint density at radius 3 is 2.38 bits per heavy atom. The number of rotatable bonds is 3. The lowest BCUT2D eigenvalue weighted by Crippen LogP contribution is -2.47. The van der Waals surface area contributed by atoms with E-state index in [1.54, 1.807) is 0 Å². The zero-order chi connectivity index (χ0) is 15.6. The van der Waals surface area contributed by atoms with Gasteiger partial charge in [-0.2, -0.15) is 18.2 Å². The molecule has 9 heteroatoms. The molecule has 1 saturated heterocycles. The van der Waals surface area contributed by atoms with Crippen LogP contribution in [-0.4, -0.2) is 27.1 Å². The van der Waals surface area contributed by atoms with Gasteiger partial charge < -0.3 is 5.43 Å². The monoisotopic (exact) mass is 304 g/mol. The van der Waals surface area contributed by atoms with Crippen LogP contribution < -0.4 is 16.7 Å². The predicted octanol–water partition coefficient (Wildman–Crippen LogP) is 2.37. The fourth-order valence-electron chi connectivity index (χ4n) is 2.49. The molecule has 0 aromatic carbocycles. The molecule has 2 atom stereocenters. The molecular formula is C12H19F3N6. The molecule has 1 aromatic heterocycles. The van der Waals surface area contributed by atoms with Gasteiger partial charge in [0.15, 0.2) is 5.69 Å². The van der Waals surface area contributed by atoms with Crippen molar-refractivity contribution in [1.29, 1.82) is 0 Å². The first kappa shape index (κ1) is 15.8. The van der Waals surface area contributed by atoms with E-state index in [0.29, 0.717) is 0 Å². The lowest BCUT2D eigenvalue weighted by molar-refractivity contribution is -0.141. The van der Waals surface area contributed by atoms with Crippen LogP contribution in [0.25, 0.3) is 0 Å². The van der Waals surface area contributed by atoms with Crippen molar-refractivity contribution in [3.05, 3.63) is 11.8 Å². The second-order valence-corrected chi connectivity index (χ2v) is 5.25. The van der Waals surface area contributed by atoms with Crippen LogP contribution in [0.2, 0.25) is 0 Å². The zero-order valence-electron chi connectivity index (χ0n) is 11.9. The summed E-state index contributed by atoms with van der Waals surface area (Å²) in [5, 5.41) is 1.92. The van der Waals surface area contributed by atoms with Gasteiger partial charge in [0.05, 0.1) is 0 Å². The Morgan fingerprint density at radius 2 is 1.86 bits per heavy atom. The Labute approximate surface area is 120 Å². The van der Waals surface area contributed by atoms with Gasteiger partial charge in [-0.3, -0.25) is 5.43 Å². The summed E-state index contributed by atoms with van der Waals surface area (Å²) in [6, 6.07) is 1.31. The van der Waals surface area contributed by atoms with Crippen molar-refractivity contribution in [2.75, 3.05) is 10.9 Å². The van der Waals surface area contributed by atoms with Gasteiger partial charge in [-0.1, -0.05) is 6.42 Å². The highest BCUT2D eigenvalue weighted by molar-refractivity contribution is 5.42. The molecule has 1 fully saturated rings. The van der Waals surface area contributed by atoms with Gasteiger partial charge in [-0.25, -0.2) is 15.8 Å². The van der Waals surface area contributed by atoms with Crippen molar-refractivity contribution >= 4 is 11.8 Å². The molecule has 0 radical (unpaired) electrons. The molecule has 0 saturated carbocycles. The fraction of sp³-hybridized carbons (Fsp3) is 0.667. The molecule has 1 aliphatic rings. The number of hydrogen-bond acceptors (Lipinski definition) is 6. The van der Waals surface area contributed by atoms with Crippen molar-refractivity contribution in [1.82, 2.24) is 15.0 Å². The molecule has 1 aromatic rings. The highest BCUT2D eigenvalue weighted by Gasteiger charge is 2.34. The molecule has 2 rings (SSSR count). The minimum atomic E-state index is -4.55. The van der Waals surface area contributed by atoms with Crippen LogP contribution in [0.1, 0.15) is 38.8 Å². The highest BCUT2D eigenvalue weighted by Crippen LogP contribution is 2.30. The molecule has 2 unspecified atom stereocenters. The van der Waals surface area contributed by atoms with E-state index in [-0.39, 0.29) is 23.8 Å². The lowest BCUT2D eigenvalue weighted by Gasteiger charge is -2.39. The average molecular weight is 304 g/mol. The van der Waals surface area contributed by atoms with Crippen LogP contribution in [0.5, 0.6) is 0 Å². The summed E-state index contributed by atoms with van der Waals surface area (Å²) in [6.07, 6.45) is -1.48. The van der Waals surface area contributed by atoms with Crippen LogP contribution in [0, 0.1) is 0 Å². The highest BCUT2D eigenvalue weighted by atomic mass is 19.4. The van der Waals surface area contributed by atoms with Gasteiger partial charge in [0.25, 0.3) is 0 Å². The minimum Gasteiger partial charge on any atom is -0.302 e. The van der Waals surface area contributed by atoms with E-state index in [4.69, 9.17) is 5.84 Å². The van der Waals surface area contributed by atoms with E-state index in [1.165, 1.54) is 0 Å². The third kappa shape index (κ3) is 3.73. The predicted molar refractivity (Wildman–Crippen MR) is 73.1 cm³/mol. The first-order chi connectivity index (χ1) is 9.81. The van der Waals surface area contributed by atoms with E-state index >= 15 is 0 Å². The summed E-state index contributed by atoms with van der Waals surface area (Å²) >= 11 is 0. The molecule has 4 N–H and O–H groups in total. The molecule has 1 aliphatic heterocycles. The standard InChI is InChI=1S/C12H19F3N6/c1-7-4-3-5-8(2)21(7)20-10-6-9(12(13,14)15)17-11(18-10)19-16/h6-8H,3-5,16H2,1-2H3,(H2,17,18,19,20). The summed E-state index contributed by atoms with van der Waals surface area (Å²) < 4.78 is 38.4. The maximum absolute atomic E-state index is 12.8. The van der Waals surface area contributed by atoms with Crippen LogP contribution in [0.4, 0.5) is 24.9 Å². The molecule has 118 valence electrons. The third-order valence-electron chi connectivity index (χ3n) is 3.58. The van der Waals surface area contributed by atoms with Crippen LogP contribution >= 0.6 is 0 Å². The van der Waals surface area contributed by atoms with Gasteiger partial charge in [0, 0.05) is 18.2 Å². The maximum atomic E-state index is 12.8. The van der Waals surface area contributed by atoms with Crippen LogP contribution in [0.3, 0.4) is 0 Å². The van der Waals surface area contributed by atoms with E-state index in [9.17, 15) is 13.2 Å². The summed E-state index contributed by atoms with van der Waals surface area (Å²) in [6.45, 7) is 4.05. The Kier molecular flexibility index (Phi) is 4.52. The Balaban J connectivity index is 2.26. The number of nitrogens with one attached hydrogen (secondary N) is 2. The summed E-state index contributed by atoms with van der Waals surface area (Å²) in [7, 11) is 0. The Hall–Kier alpha value is -1.61. The summed E-state index contributed by atoms with van der Waals surface area (Å²) in [4.78, 5) is 7.25. The molecule has 6 nitrogen and oxygen atoms in total. The summed E-state index contributed by atoms with van der Waals surface area (Å²) in [5.41, 5.74) is 3.98. The molecular weight excluding hydrogens is 285 g/mol. The number of nitrogen functional groups attached to an aromatic ring is 1. The molecule has 21 heavy (non-hydrogen) atoms. The lowest BCUT2D eigenvalue weighted by atomic mass is 10.00. The first-order valence-corrected chi connectivity index (χ1v) is 6.79. The number of anilines is 2. The number of hydrazine groups is 2. The number of nitrogens with zero attached hydrogens (tertiary/aromatic N) is 3. The number of halogens is 3. The van der Waals surface area contributed by atoms with Crippen molar-refractivity contribution in [2.45, 2.75) is 51.4 Å². The number of nitrogens with two attached hydrogens (primary N) is 1. The number of piperidine rings is 1. The topological polar surface area (TPSA) is 79.1 Å². The van der Waals surface area contributed by atoms with Gasteiger partial charge >= 0.3 is 6.18 Å². The number of aromatic nitrogens is 2. The average Bonchev–Trinajstić information content (AvgIpc) is 2.42. The van der Waals surface area contributed by atoms with Crippen molar-refractivity contribution in [2.24, 2.45) is 5.84 Å². The van der Waals surface area contributed by atoms with Crippen molar-refractivity contribution in [3.63, 3.8) is 0 Å². The smallest absolute Gasteiger partial charge is 0.302 e. The molecule has 0 spiro atoms. The quantitative estimate of drug-likeness (QED) is 0.588. The SMILES string of the molecule is CC1CCCC(C)N1Nc1cc(C(F)(F)F)nc(NN)n1. The molecule has 0 aliphatic carbocycles. The molecule has 0 amide bonds. The summed E-state index contributed by atoms with van der Waals surface area (Å²) in [5.74, 6) is 4.94. The van der Waals surface area contributed by atoms with Crippen LogP contribution in [-0.2, 0) is 6.18 Å². The molecule has 0 bridgehead atoms. The van der Waals surface area contributed by atoms with Crippen molar-refractivity contribution < 1.29 is 13.2 Å². The van der Waals surface area contributed by atoms with Gasteiger partial charge in [0.2, 0.25) is 5.95 Å². The third-order valence-corrected chi connectivity index (χ3v) is 3.58. The van der Waals surface area contributed by atoms with E-state index in [0.717, 1.165) is 25.3 Å². The number of hydrogen-bond donors (Lipinski definition) is 3. The second kappa shape index (κ2) is 6.02. The van der Waals surface area contributed by atoms with Crippen molar-refractivity contribution in [3.8, 4) is 0 Å². The minimum absolute atomic E-state index is 0.0749. The van der Waals surface area contributed by atoms with E-state index in [2.05, 4.69) is 20.8 Å². The maximum Gasteiger partial charge on any atom is 0.433 e. The van der Waals surface area contributed by atoms with Gasteiger partial charge in [0.1, 0.15) is 5.82 Å². The van der Waals surface area contributed by atoms with Crippen LogP contribution in [0.15, 0.2) is 6.07 Å². The Bertz CT molecular complexity index is 482. The molecule has 2 heterocycles. The normalized spacial score (nSPS) is 23.9. The second-order valence-electron chi connectivity index (χ2n) is 5.25. The zero-order valence-corrected chi connectivity index (χ0v) is 11.9. The number of alkyl halides is 3. The van der Waals surface area contributed by atoms with Gasteiger partial charge in [-0.05, 0) is 26.7 Å². The first-order valence-electron chi connectivity index (χ1n) is 6.79. The Morgan fingerprint density at radius 1 is 1.24 bits per heavy atom.